The predicted octanol–water partition coefficient (Wildman–Crippen LogP) is 3.71. The number of aliphatic hydroxyl groups is 1. The SMILES string of the molecule is Cc1cc(C)c(CC2CCCC(O)C2)c(C)c1. The molecule has 0 aliphatic heterocycles. The minimum atomic E-state index is -0.0557. The molecule has 1 N–H and O–H groups in total. The Balaban J connectivity index is 2.12. The van der Waals surface area contributed by atoms with Crippen LogP contribution in [0.3, 0.4) is 0 Å². The molecular weight excluding hydrogens is 208 g/mol. The first-order valence-electron chi connectivity index (χ1n) is 6.81. The fourth-order valence-corrected chi connectivity index (χ4v) is 3.27. The Morgan fingerprint density at radius 2 is 1.76 bits per heavy atom. The van der Waals surface area contributed by atoms with Gasteiger partial charge >= 0.3 is 0 Å². The summed E-state index contributed by atoms with van der Waals surface area (Å²) in [5.41, 5.74) is 5.70. The molecule has 0 heterocycles. The van der Waals surface area contributed by atoms with Gasteiger partial charge in [0.25, 0.3) is 0 Å². The molecule has 0 radical (unpaired) electrons. The van der Waals surface area contributed by atoms with E-state index in [1.54, 1.807) is 0 Å². The van der Waals surface area contributed by atoms with E-state index >= 15 is 0 Å². The highest BCUT2D eigenvalue weighted by atomic mass is 16.3. The first-order chi connectivity index (χ1) is 8.06. The molecule has 0 bridgehead atoms. The second-order valence-electron chi connectivity index (χ2n) is 5.77. The smallest absolute Gasteiger partial charge is 0.0543 e. The molecule has 0 saturated heterocycles. The number of aliphatic hydroxyl groups excluding tert-OH is 1. The van der Waals surface area contributed by atoms with Crippen LogP contribution in [0.4, 0.5) is 0 Å². The molecule has 2 unspecified atom stereocenters. The molecule has 94 valence electrons. The van der Waals surface area contributed by atoms with Crippen LogP contribution >= 0.6 is 0 Å². The summed E-state index contributed by atoms with van der Waals surface area (Å²) in [6, 6.07) is 4.56. The van der Waals surface area contributed by atoms with E-state index in [4.69, 9.17) is 0 Å². The Hall–Kier alpha value is -0.820. The molecule has 1 heteroatoms. The van der Waals surface area contributed by atoms with Gasteiger partial charge in [-0.2, -0.15) is 0 Å². The van der Waals surface area contributed by atoms with Gasteiger partial charge in [-0.15, -0.1) is 0 Å². The second kappa shape index (κ2) is 5.22. The van der Waals surface area contributed by atoms with Crippen molar-refractivity contribution in [1.29, 1.82) is 0 Å². The van der Waals surface area contributed by atoms with Gasteiger partial charge in [0.15, 0.2) is 0 Å². The van der Waals surface area contributed by atoms with Gasteiger partial charge in [-0.25, -0.2) is 0 Å². The molecule has 1 aromatic rings. The largest absolute Gasteiger partial charge is 0.393 e. The number of hydrogen-bond donors (Lipinski definition) is 1. The van der Waals surface area contributed by atoms with Crippen molar-refractivity contribution in [2.24, 2.45) is 5.92 Å². The van der Waals surface area contributed by atoms with E-state index in [2.05, 4.69) is 32.9 Å². The average Bonchev–Trinajstić information content (AvgIpc) is 2.23. The molecule has 1 nitrogen and oxygen atoms in total. The van der Waals surface area contributed by atoms with Gasteiger partial charge in [-0.05, 0) is 69.1 Å². The third kappa shape index (κ3) is 3.10. The zero-order valence-electron chi connectivity index (χ0n) is 11.3. The lowest BCUT2D eigenvalue weighted by atomic mass is 9.81. The van der Waals surface area contributed by atoms with Crippen molar-refractivity contribution < 1.29 is 5.11 Å². The highest BCUT2D eigenvalue weighted by Crippen LogP contribution is 2.29. The zero-order valence-corrected chi connectivity index (χ0v) is 11.3. The Bertz CT molecular complexity index is 372. The highest BCUT2D eigenvalue weighted by Gasteiger charge is 2.21. The van der Waals surface area contributed by atoms with E-state index in [-0.39, 0.29) is 6.10 Å². The van der Waals surface area contributed by atoms with Gasteiger partial charge in [-0.1, -0.05) is 24.1 Å². The van der Waals surface area contributed by atoms with E-state index in [0.717, 1.165) is 19.3 Å². The van der Waals surface area contributed by atoms with Crippen LogP contribution < -0.4 is 0 Å². The Morgan fingerprint density at radius 3 is 2.35 bits per heavy atom. The molecule has 0 spiro atoms. The third-order valence-electron chi connectivity index (χ3n) is 4.09. The topological polar surface area (TPSA) is 20.2 Å². The second-order valence-corrected chi connectivity index (χ2v) is 5.77. The van der Waals surface area contributed by atoms with Crippen LogP contribution in [0.15, 0.2) is 12.1 Å². The monoisotopic (exact) mass is 232 g/mol. The molecule has 1 saturated carbocycles. The summed E-state index contributed by atoms with van der Waals surface area (Å²) in [6.45, 7) is 6.59. The maximum Gasteiger partial charge on any atom is 0.0543 e. The molecule has 0 aromatic heterocycles. The van der Waals surface area contributed by atoms with Crippen molar-refractivity contribution in [2.75, 3.05) is 0 Å². The molecule has 1 fully saturated rings. The van der Waals surface area contributed by atoms with Crippen LogP contribution in [0.25, 0.3) is 0 Å². The molecule has 1 aliphatic rings. The lowest BCUT2D eigenvalue weighted by Crippen LogP contribution is -2.21. The van der Waals surface area contributed by atoms with E-state index in [1.807, 2.05) is 0 Å². The normalized spacial score (nSPS) is 24.9. The first kappa shape index (κ1) is 12.6. The van der Waals surface area contributed by atoms with Gasteiger partial charge in [0, 0.05) is 0 Å². The van der Waals surface area contributed by atoms with Crippen molar-refractivity contribution in [3.05, 3.63) is 34.4 Å². The fourth-order valence-electron chi connectivity index (χ4n) is 3.27. The van der Waals surface area contributed by atoms with Crippen molar-refractivity contribution in [1.82, 2.24) is 0 Å². The van der Waals surface area contributed by atoms with Crippen LogP contribution in [0.1, 0.15) is 47.9 Å². The van der Waals surface area contributed by atoms with E-state index < -0.39 is 0 Å². The summed E-state index contributed by atoms with van der Waals surface area (Å²) in [6.07, 6.45) is 5.56. The Morgan fingerprint density at radius 1 is 1.12 bits per heavy atom. The Labute approximate surface area is 105 Å². The molecule has 2 atom stereocenters. The molecule has 0 amide bonds. The number of benzene rings is 1. The summed E-state index contributed by atoms with van der Waals surface area (Å²) in [7, 11) is 0. The quantitative estimate of drug-likeness (QED) is 0.824. The van der Waals surface area contributed by atoms with Crippen molar-refractivity contribution in [2.45, 2.75) is 59.0 Å². The lowest BCUT2D eigenvalue weighted by Gasteiger charge is -2.27. The van der Waals surface area contributed by atoms with Gasteiger partial charge in [0.05, 0.1) is 6.10 Å². The minimum absolute atomic E-state index is 0.0557. The van der Waals surface area contributed by atoms with Crippen LogP contribution in [-0.2, 0) is 6.42 Å². The minimum Gasteiger partial charge on any atom is -0.393 e. The van der Waals surface area contributed by atoms with Crippen LogP contribution in [0.2, 0.25) is 0 Å². The summed E-state index contributed by atoms with van der Waals surface area (Å²) >= 11 is 0. The van der Waals surface area contributed by atoms with Gasteiger partial charge in [0.2, 0.25) is 0 Å². The maximum absolute atomic E-state index is 9.74. The molecule has 17 heavy (non-hydrogen) atoms. The number of aryl methyl sites for hydroxylation is 3. The van der Waals surface area contributed by atoms with Gasteiger partial charge < -0.3 is 5.11 Å². The molecule has 1 aliphatic carbocycles. The van der Waals surface area contributed by atoms with E-state index in [1.165, 1.54) is 35.1 Å². The zero-order chi connectivity index (χ0) is 12.4. The predicted molar refractivity (Wildman–Crippen MR) is 72.3 cm³/mol. The van der Waals surface area contributed by atoms with Crippen LogP contribution in [0, 0.1) is 26.7 Å². The van der Waals surface area contributed by atoms with Crippen molar-refractivity contribution in [3.63, 3.8) is 0 Å². The molecular formula is C16H24O. The van der Waals surface area contributed by atoms with Crippen LogP contribution in [0.5, 0.6) is 0 Å². The highest BCUT2D eigenvalue weighted by molar-refractivity contribution is 5.37. The van der Waals surface area contributed by atoms with E-state index in [9.17, 15) is 5.11 Å². The summed E-state index contributed by atoms with van der Waals surface area (Å²) in [4.78, 5) is 0. The first-order valence-corrected chi connectivity index (χ1v) is 6.81. The molecule has 2 rings (SSSR count). The van der Waals surface area contributed by atoms with Gasteiger partial charge in [-0.3, -0.25) is 0 Å². The maximum atomic E-state index is 9.74. The Kier molecular flexibility index (Phi) is 3.88. The van der Waals surface area contributed by atoms with Crippen LogP contribution in [-0.4, -0.2) is 11.2 Å². The van der Waals surface area contributed by atoms with Gasteiger partial charge in [0.1, 0.15) is 0 Å². The molecule has 1 aromatic carbocycles. The van der Waals surface area contributed by atoms with Crippen molar-refractivity contribution >= 4 is 0 Å². The summed E-state index contributed by atoms with van der Waals surface area (Å²) in [5, 5.41) is 9.74. The number of rotatable bonds is 2. The lowest BCUT2D eigenvalue weighted by molar-refractivity contribution is 0.101. The standard InChI is InChI=1S/C16H24O/c1-11-7-12(2)16(13(3)8-11)10-14-5-4-6-15(17)9-14/h7-8,14-15,17H,4-6,9-10H2,1-3H3. The summed E-state index contributed by atoms with van der Waals surface area (Å²) in [5.74, 6) is 0.679. The average molecular weight is 232 g/mol. The third-order valence-corrected chi connectivity index (χ3v) is 4.09. The summed E-state index contributed by atoms with van der Waals surface area (Å²) < 4.78 is 0. The fraction of sp³-hybridized carbons (Fsp3) is 0.625. The van der Waals surface area contributed by atoms with E-state index in [0.29, 0.717) is 5.92 Å². The number of hydrogen-bond acceptors (Lipinski definition) is 1. The van der Waals surface area contributed by atoms with Crippen molar-refractivity contribution in [3.8, 4) is 0 Å².